The normalized spacial score (nSPS) is 13.5. The summed E-state index contributed by atoms with van der Waals surface area (Å²) in [5.41, 5.74) is 1.14. The summed E-state index contributed by atoms with van der Waals surface area (Å²) < 4.78 is 5.22. The molecule has 1 aliphatic heterocycles. The molecule has 1 aromatic carbocycles. The summed E-state index contributed by atoms with van der Waals surface area (Å²) in [7, 11) is 3.37. The van der Waals surface area contributed by atoms with Gasteiger partial charge in [0.15, 0.2) is 6.61 Å². The topological polar surface area (TPSA) is 58.6 Å². The van der Waals surface area contributed by atoms with Crippen LogP contribution in [0.5, 0.6) is 5.75 Å². The molecule has 0 saturated heterocycles. The minimum absolute atomic E-state index is 0.00733. The molecule has 0 fully saturated rings. The molecule has 16 heavy (non-hydrogen) atoms. The summed E-state index contributed by atoms with van der Waals surface area (Å²) in [6, 6.07) is 4.97. The van der Waals surface area contributed by atoms with Gasteiger partial charge in [-0.25, -0.2) is 0 Å². The predicted molar refractivity (Wildman–Crippen MR) is 58.6 cm³/mol. The average Bonchev–Trinajstić information content (AvgIpc) is 2.27. The van der Waals surface area contributed by atoms with Crippen LogP contribution in [0.2, 0.25) is 0 Å². The lowest BCUT2D eigenvalue weighted by molar-refractivity contribution is -0.118. The number of amides is 2. The van der Waals surface area contributed by atoms with E-state index in [2.05, 4.69) is 5.32 Å². The monoisotopic (exact) mass is 220 g/mol. The zero-order valence-corrected chi connectivity index (χ0v) is 9.11. The third-order valence-corrected chi connectivity index (χ3v) is 2.27. The largest absolute Gasteiger partial charge is 0.482 e. The molecule has 2 rings (SSSR count). The standard InChI is InChI=1S/C11H12N2O3/c1-13(2)11(15)7-3-4-8-9(5-7)16-6-10(14)12-8/h3-5H,6H2,1-2H3,(H,12,14). The van der Waals surface area contributed by atoms with E-state index in [4.69, 9.17) is 4.74 Å². The first kappa shape index (κ1) is 10.5. The zero-order valence-electron chi connectivity index (χ0n) is 9.11. The van der Waals surface area contributed by atoms with Gasteiger partial charge in [0.05, 0.1) is 5.69 Å². The molecule has 0 spiro atoms. The second-order valence-corrected chi connectivity index (χ2v) is 3.75. The van der Waals surface area contributed by atoms with Gasteiger partial charge in [-0.3, -0.25) is 9.59 Å². The van der Waals surface area contributed by atoms with Crippen molar-refractivity contribution in [2.45, 2.75) is 0 Å². The van der Waals surface area contributed by atoms with Gasteiger partial charge in [0.1, 0.15) is 5.75 Å². The summed E-state index contributed by atoms with van der Waals surface area (Å²) in [5, 5.41) is 2.67. The van der Waals surface area contributed by atoms with Gasteiger partial charge in [0.25, 0.3) is 11.8 Å². The van der Waals surface area contributed by atoms with E-state index in [9.17, 15) is 9.59 Å². The van der Waals surface area contributed by atoms with E-state index >= 15 is 0 Å². The maximum atomic E-state index is 11.7. The number of carbonyl (C=O) groups is 2. The fourth-order valence-electron chi connectivity index (χ4n) is 1.47. The summed E-state index contributed by atoms with van der Waals surface area (Å²) in [6.45, 7) is -0.00733. The van der Waals surface area contributed by atoms with Crippen LogP contribution in [0.25, 0.3) is 0 Å². The molecule has 0 aliphatic carbocycles. The maximum absolute atomic E-state index is 11.7. The number of carbonyl (C=O) groups excluding carboxylic acids is 2. The van der Waals surface area contributed by atoms with Crippen molar-refractivity contribution in [3.63, 3.8) is 0 Å². The molecular formula is C11H12N2O3. The number of hydrogen-bond acceptors (Lipinski definition) is 3. The second-order valence-electron chi connectivity index (χ2n) is 3.75. The van der Waals surface area contributed by atoms with Gasteiger partial charge < -0.3 is 15.0 Å². The Morgan fingerprint density at radius 2 is 2.19 bits per heavy atom. The lowest BCUT2D eigenvalue weighted by Crippen LogP contribution is -2.26. The number of anilines is 1. The molecule has 84 valence electrons. The van der Waals surface area contributed by atoms with E-state index in [-0.39, 0.29) is 18.4 Å². The third-order valence-electron chi connectivity index (χ3n) is 2.27. The van der Waals surface area contributed by atoms with Gasteiger partial charge in [-0.1, -0.05) is 0 Å². The quantitative estimate of drug-likeness (QED) is 0.758. The highest BCUT2D eigenvalue weighted by Gasteiger charge is 2.18. The lowest BCUT2D eigenvalue weighted by Gasteiger charge is -2.19. The summed E-state index contributed by atoms with van der Waals surface area (Å²) in [5.74, 6) is 0.259. The highest BCUT2D eigenvalue weighted by Crippen LogP contribution is 2.28. The van der Waals surface area contributed by atoms with Crippen molar-refractivity contribution in [2.24, 2.45) is 0 Å². The molecule has 2 amide bonds. The molecule has 0 aromatic heterocycles. The Hall–Kier alpha value is -2.04. The van der Waals surface area contributed by atoms with E-state index in [1.807, 2.05) is 0 Å². The van der Waals surface area contributed by atoms with E-state index in [1.54, 1.807) is 32.3 Å². The van der Waals surface area contributed by atoms with E-state index in [1.165, 1.54) is 4.90 Å². The minimum Gasteiger partial charge on any atom is -0.482 e. The molecule has 0 atom stereocenters. The Morgan fingerprint density at radius 3 is 2.88 bits per heavy atom. The van der Waals surface area contributed by atoms with Crippen LogP contribution in [-0.2, 0) is 4.79 Å². The van der Waals surface area contributed by atoms with Crippen molar-refractivity contribution in [3.8, 4) is 5.75 Å². The van der Waals surface area contributed by atoms with Crippen molar-refractivity contribution >= 4 is 17.5 Å². The number of nitrogens with zero attached hydrogens (tertiary/aromatic N) is 1. The Bertz CT molecular complexity index is 455. The summed E-state index contributed by atoms with van der Waals surface area (Å²) in [6.07, 6.45) is 0. The number of benzene rings is 1. The molecule has 1 aromatic rings. The first-order valence-corrected chi connectivity index (χ1v) is 4.86. The molecule has 5 heteroatoms. The molecule has 0 bridgehead atoms. The Balaban J connectivity index is 2.33. The molecule has 0 saturated carbocycles. The van der Waals surface area contributed by atoms with Crippen LogP contribution in [-0.4, -0.2) is 37.4 Å². The maximum Gasteiger partial charge on any atom is 0.262 e. The summed E-state index contributed by atoms with van der Waals surface area (Å²) in [4.78, 5) is 24.2. The molecule has 1 N–H and O–H groups in total. The van der Waals surface area contributed by atoms with Gasteiger partial charge in [-0.15, -0.1) is 0 Å². The number of fused-ring (bicyclic) bond motifs is 1. The van der Waals surface area contributed by atoms with Gasteiger partial charge in [-0.05, 0) is 18.2 Å². The highest BCUT2D eigenvalue weighted by molar-refractivity contribution is 5.98. The SMILES string of the molecule is CN(C)C(=O)c1ccc2c(c1)OCC(=O)N2. The summed E-state index contributed by atoms with van der Waals surface area (Å²) >= 11 is 0. The third kappa shape index (κ3) is 1.84. The van der Waals surface area contributed by atoms with Crippen molar-refractivity contribution in [2.75, 3.05) is 26.0 Å². The fourth-order valence-corrected chi connectivity index (χ4v) is 1.47. The minimum atomic E-state index is -0.181. The number of hydrogen-bond donors (Lipinski definition) is 1. The van der Waals surface area contributed by atoms with Crippen LogP contribution in [0.3, 0.4) is 0 Å². The molecular weight excluding hydrogens is 208 g/mol. The van der Waals surface area contributed by atoms with E-state index in [0.29, 0.717) is 17.0 Å². The first-order chi connectivity index (χ1) is 7.58. The number of rotatable bonds is 1. The van der Waals surface area contributed by atoms with Gasteiger partial charge in [0.2, 0.25) is 0 Å². The van der Waals surface area contributed by atoms with Crippen LogP contribution in [0.4, 0.5) is 5.69 Å². The molecule has 0 unspecified atom stereocenters. The lowest BCUT2D eigenvalue weighted by atomic mass is 10.1. The van der Waals surface area contributed by atoms with Crippen LogP contribution in [0, 0.1) is 0 Å². The second kappa shape index (κ2) is 3.84. The van der Waals surface area contributed by atoms with Crippen LogP contribution in [0.1, 0.15) is 10.4 Å². The van der Waals surface area contributed by atoms with E-state index < -0.39 is 0 Å². The van der Waals surface area contributed by atoms with Crippen LogP contribution < -0.4 is 10.1 Å². The smallest absolute Gasteiger partial charge is 0.262 e. The molecule has 0 radical (unpaired) electrons. The van der Waals surface area contributed by atoms with Gasteiger partial charge in [-0.2, -0.15) is 0 Å². The Morgan fingerprint density at radius 1 is 1.44 bits per heavy atom. The molecule has 1 heterocycles. The molecule has 1 aliphatic rings. The van der Waals surface area contributed by atoms with E-state index in [0.717, 1.165) is 0 Å². The highest BCUT2D eigenvalue weighted by atomic mass is 16.5. The van der Waals surface area contributed by atoms with Gasteiger partial charge in [0, 0.05) is 19.7 Å². The van der Waals surface area contributed by atoms with Crippen LogP contribution in [0.15, 0.2) is 18.2 Å². The number of nitrogens with one attached hydrogen (secondary N) is 1. The zero-order chi connectivity index (χ0) is 11.7. The first-order valence-electron chi connectivity index (χ1n) is 4.86. The Kier molecular flexibility index (Phi) is 2.52. The van der Waals surface area contributed by atoms with Gasteiger partial charge >= 0.3 is 0 Å². The van der Waals surface area contributed by atoms with Crippen molar-refractivity contribution in [1.82, 2.24) is 4.90 Å². The number of ether oxygens (including phenoxy) is 1. The van der Waals surface area contributed by atoms with Crippen molar-refractivity contribution in [1.29, 1.82) is 0 Å². The predicted octanol–water partition coefficient (Wildman–Crippen LogP) is 0.719. The Labute approximate surface area is 93.0 Å². The average molecular weight is 220 g/mol. The molecule has 5 nitrogen and oxygen atoms in total. The van der Waals surface area contributed by atoms with Crippen molar-refractivity contribution in [3.05, 3.63) is 23.8 Å². The van der Waals surface area contributed by atoms with Crippen LogP contribution >= 0.6 is 0 Å². The van der Waals surface area contributed by atoms with Crippen molar-refractivity contribution < 1.29 is 14.3 Å². The fraction of sp³-hybridized carbons (Fsp3) is 0.273.